The summed E-state index contributed by atoms with van der Waals surface area (Å²) < 4.78 is 0. The number of benzene rings is 1. The largest absolute Gasteiger partial charge is 0.342 e. The number of H-pyrrole nitrogens is 1. The second kappa shape index (κ2) is 7.53. The Balaban J connectivity index is 0.00000169. The van der Waals surface area contributed by atoms with Crippen molar-refractivity contribution in [3.8, 4) is 0 Å². The number of aromatic amines is 1. The number of hydrogen-bond donors (Lipinski definition) is 2. The van der Waals surface area contributed by atoms with Crippen LogP contribution in [0.4, 0.5) is 0 Å². The molecule has 24 heavy (non-hydrogen) atoms. The van der Waals surface area contributed by atoms with Crippen LogP contribution in [0.25, 0.3) is 10.9 Å². The van der Waals surface area contributed by atoms with Crippen molar-refractivity contribution >= 4 is 29.2 Å². The van der Waals surface area contributed by atoms with Crippen LogP contribution < -0.4 is 5.32 Å². The number of amides is 1. The van der Waals surface area contributed by atoms with Gasteiger partial charge in [-0.15, -0.1) is 12.4 Å². The van der Waals surface area contributed by atoms with Gasteiger partial charge in [0, 0.05) is 24.5 Å². The number of nitrogens with zero attached hydrogens (tertiary/aromatic N) is 2. The van der Waals surface area contributed by atoms with E-state index < -0.39 is 0 Å². The van der Waals surface area contributed by atoms with Gasteiger partial charge in [0.15, 0.2) is 0 Å². The van der Waals surface area contributed by atoms with Gasteiger partial charge in [-0.3, -0.25) is 9.89 Å². The summed E-state index contributed by atoms with van der Waals surface area (Å²) in [6, 6.07) is 8.54. The summed E-state index contributed by atoms with van der Waals surface area (Å²) in [4.78, 5) is 14.6. The Morgan fingerprint density at radius 3 is 2.71 bits per heavy atom. The number of carbonyl (C=O) groups excluding carboxylic acids is 1. The molecule has 130 valence electrons. The Bertz CT molecular complexity index is 689. The molecule has 2 fully saturated rings. The number of likely N-dealkylation sites (tertiary alicyclic amines) is 1. The minimum absolute atomic E-state index is 0. The molecule has 1 aliphatic carbocycles. The lowest BCUT2D eigenvalue weighted by Crippen LogP contribution is -2.45. The molecule has 1 saturated heterocycles. The van der Waals surface area contributed by atoms with Gasteiger partial charge < -0.3 is 10.2 Å². The molecule has 1 aromatic heterocycles. The van der Waals surface area contributed by atoms with Crippen molar-refractivity contribution in [2.75, 3.05) is 19.6 Å². The number of nitrogens with one attached hydrogen (secondary N) is 2. The lowest BCUT2D eigenvalue weighted by atomic mass is 10.0. The smallest absolute Gasteiger partial charge is 0.228 e. The van der Waals surface area contributed by atoms with E-state index in [-0.39, 0.29) is 18.3 Å². The van der Waals surface area contributed by atoms with E-state index in [0.717, 1.165) is 48.4 Å². The van der Waals surface area contributed by atoms with Crippen LogP contribution in [0.2, 0.25) is 0 Å². The second-order valence-electron chi connectivity index (χ2n) is 6.90. The molecule has 2 aromatic rings. The van der Waals surface area contributed by atoms with Crippen molar-refractivity contribution in [1.29, 1.82) is 0 Å². The minimum atomic E-state index is 0. The topological polar surface area (TPSA) is 61.0 Å². The Labute approximate surface area is 148 Å². The van der Waals surface area contributed by atoms with Crippen LogP contribution in [-0.4, -0.2) is 46.7 Å². The van der Waals surface area contributed by atoms with Crippen molar-refractivity contribution in [2.45, 2.75) is 38.1 Å². The van der Waals surface area contributed by atoms with Gasteiger partial charge in [-0.05, 0) is 44.2 Å². The quantitative estimate of drug-likeness (QED) is 0.872. The first-order valence-corrected chi connectivity index (χ1v) is 8.73. The van der Waals surface area contributed by atoms with E-state index in [2.05, 4.69) is 15.5 Å². The van der Waals surface area contributed by atoms with Crippen LogP contribution in [0.3, 0.4) is 0 Å². The number of rotatable bonds is 5. The number of para-hydroxylation sites is 1. The van der Waals surface area contributed by atoms with Gasteiger partial charge in [0.05, 0.1) is 17.6 Å². The third-order valence-electron chi connectivity index (χ3n) is 5.11. The molecular weight excluding hydrogens is 324 g/mol. The molecule has 0 bridgehead atoms. The summed E-state index contributed by atoms with van der Waals surface area (Å²) in [5.41, 5.74) is 1.86. The lowest BCUT2D eigenvalue weighted by molar-refractivity contribution is -0.131. The fourth-order valence-corrected chi connectivity index (χ4v) is 3.40. The van der Waals surface area contributed by atoms with E-state index in [1.807, 2.05) is 29.2 Å². The third kappa shape index (κ3) is 3.90. The Morgan fingerprint density at radius 2 is 1.96 bits per heavy atom. The van der Waals surface area contributed by atoms with E-state index in [1.54, 1.807) is 0 Å². The number of hydrogen-bond acceptors (Lipinski definition) is 3. The van der Waals surface area contributed by atoms with E-state index in [9.17, 15) is 4.79 Å². The molecule has 0 spiro atoms. The molecule has 1 aliphatic heterocycles. The molecule has 0 radical (unpaired) electrons. The predicted octanol–water partition coefficient (Wildman–Crippen LogP) is 2.52. The predicted molar refractivity (Wildman–Crippen MR) is 97.4 cm³/mol. The summed E-state index contributed by atoms with van der Waals surface area (Å²) >= 11 is 0. The molecule has 6 heteroatoms. The molecule has 1 saturated carbocycles. The van der Waals surface area contributed by atoms with E-state index in [0.29, 0.717) is 12.5 Å². The highest BCUT2D eigenvalue weighted by Crippen LogP contribution is 2.28. The van der Waals surface area contributed by atoms with Gasteiger partial charge in [0.1, 0.15) is 0 Å². The first-order chi connectivity index (χ1) is 11.3. The van der Waals surface area contributed by atoms with Gasteiger partial charge in [0.2, 0.25) is 5.91 Å². The second-order valence-corrected chi connectivity index (χ2v) is 6.90. The number of piperidine rings is 1. The summed E-state index contributed by atoms with van der Waals surface area (Å²) in [7, 11) is 0. The highest BCUT2D eigenvalue weighted by Gasteiger charge is 2.26. The molecule has 0 unspecified atom stereocenters. The monoisotopic (exact) mass is 348 g/mol. The Kier molecular flexibility index (Phi) is 5.41. The van der Waals surface area contributed by atoms with Crippen LogP contribution >= 0.6 is 12.4 Å². The van der Waals surface area contributed by atoms with Crippen LogP contribution in [0.5, 0.6) is 0 Å². The highest BCUT2D eigenvalue weighted by molar-refractivity contribution is 5.87. The molecule has 4 rings (SSSR count). The van der Waals surface area contributed by atoms with Crippen LogP contribution in [0, 0.1) is 5.92 Å². The maximum Gasteiger partial charge on any atom is 0.228 e. The molecule has 0 atom stereocenters. The molecule has 1 amide bonds. The van der Waals surface area contributed by atoms with Crippen molar-refractivity contribution in [3.63, 3.8) is 0 Å². The Morgan fingerprint density at radius 1 is 1.21 bits per heavy atom. The normalized spacial score (nSPS) is 18.6. The van der Waals surface area contributed by atoms with Crippen molar-refractivity contribution in [1.82, 2.24) is 20.4 Å². The van der Waals surface area contributed by atoms with Crippen LogP contribution in [0.1, 0.15) is 31.4 Å². The zero-order chi connectivity index (χ0) is 15.6. The molecule has 2 heterocycles. The minimum Gasteiger partial charge on any atom is -0.342 e. The van der Waals surface area contributed by atoms with E-state index in [4.69, 9.17) is 0 Å². The van der Waals surface area contributed by atoms with Crippen molar-refractivity contribution < 1.29 is 4.79 Å². The zero-order valence-corrected chi connectivity index (χ0v) is 14.6. The van der Waals surface area contributed by atoms with Gasteiger partial charge >= 0.3 is 0 Å². The van der Waals surface area contributed by atoms with Crippen LogP contribution in [0.15, 0.2) is 24.3 Å². The average Bonchev–Trinajstić information content (AvgIpc) is 3.34. The van der Waals surface area contributed by atoms with Gasteiger partial charge in [-0.25, -0.2) is 0 Å². The lowest BCUT2D eigenvalue weighted by Gasteiger charge is -2.32. The van der Waals surface area contributed by atoms with E-state index in [1.165, 1.54) is 19.4 Å². The highest BCUT2D eigenvalue weighted by atomic mass is 35.5. The SMILES string of the molecule is Cl.O=C(Cc1[nH]nc2ccccc12)N1CCC(NCC2CC2)CC1. The standard InChI is InChI=1S/C18H24N4O.ClH/c23-18(11-17-15-3-1-2-4-16(15)20-21-17)22-9-7-14(8-10-22)19-12-13-5-6-13;/h1-4,13-14,19H,5-12H2,(H,20,21);1H. The average molecular weight is 349 g/mol. The fourth-order valence-electron chi connectivity index (χ4n) is 3.40. The number of carbonyl (C=O) groups is 1. The van der Waals surface area contributed by atoms with Gasteiger partial charge in [0.25, 0.3) is 0 Å². The fraction of sp³-hybridized carbons (Fsp3) is 0.556. The van der Waals surface area contributed by atoms with E-state index >= 15 is 0 Å². The Hall–Kier alpha value is -1.59. The maximum absolute atomic E-state index is 12.5. The summed E-state index contributed by atoms with van der Waals surface area (Å²) in [6.45, 7) is 2.90. The summed E-state index contributed by atoms with van der Waals surface area (Å²) in [5.74, 6) is 1.13. The number of halogens is 1. The molecule has 2 aliphatic rings. The third-order valence-corrected chi connectivity index (χ3v) is 5.11. The maximum atomic E-state index is 12.5. The first kappa shape index (κ1) is 17.2. The number of aromatic nitrogens is 2. The zero-order valence-electron chi connectivity index (χ0n) is 13.8. The van der Waals surface area contributed by atoms with Crippen molar-refractivity contribution in [3.05, 3.63) is 30.0 Å². The molecular formula is C18H25ClN4O. The number of fused-ring (bicyclic) bond motifs is 1. The van der Waals surface area contributed by atoms with Crippen molar-refractivity contribution in [2.24, 2.45) is 5.92 Å². The summed E-state index contributed by atoms with van der Waals surface area (Å²) in [5, 5.41) is 12.0. The van der Waals surface area contributed by atoms with Gasteiger partial charge in [-0.2, -0.15) is 5.10 Å². The molecule has 2 N–H and O–H groups in total. The molecule has 1 aromatic carbocycles. The first-order valence-electron chi connectivity index (χ1n) is 8.73. The summed E-state index contributed by atoms with van der Waals surface area (Å²) in [6.07, 6.45) is 5.34. The van der Waals surface area contributed by atoms with Crippen LogP contribution in [-0.2, 0) is 11.2 Å². The molecule has 5 nitrogen and oxygen atoms in total. The van der Waals surface area contributed by atoms with Gasteiger partial charge in [-0.1, -0.05) is 18.2 Å².